The van der Waals surface area contributed by atoms with Crippen molar-refractivity contribution in [3.8, 4) is 5.75 Å². The minimum absolute atomic E-state index is 0.00539. The highest BCUT2D eigenvalue weighted by molar-refractivity contribution is 9.10. The first-order chi connectivity index (χ1) is 12.9. The average molecular weight is 468 g/mol. The third-order valence-electron chi connectivity index (χ3n) is 3.55. The number of aromatic hydroxyl groups is 1. The van der Waals surface area contributed by atoms with Crippen LogP contribution in [0.2, 0.25) is 10.0 Å². The molecule has 138 valence electrons. The minimum atomic E-state index is -0.491. The standard InChI is InChI=1S/C18H13BrCl2N4O2/c19-15-10-25(9-11-1-3-13(20)4-2-11)24-17(15)18(27)23-22-8-12-7-14(21)5-6-16(12)26/h1-8,10,26H,9H2,(H,23,27)/b22-8+. The molecule has 2 N–H and O–H groups in total. The fraction of sp³-hybridized carbons (Fsp3) is 0.0556. The Labute approximate surface area is 173 Å². The summed E-state index contributed by atoms with van der Waals surface area (Å²) in [5, 5.41) is 18.9. The number of carbonyl (C=O) groups excluding carboxylic acids is 1. The topological polar surface area (TPSA) is 79.5 Å². The molecule has 0 saturated carbocycles. The van der Waals surface area contributed by atoms with E-state index in [4.69, 9.17) is 23.2 Å². The number of aromatic nitrogens is 2. The Morgan fingerprint density at radius 1 is 1.22 bits per heavy atom. The van der Waals surface area contributed by atoms with E-state index in [1.807, 2.05) is 12.1 Å². The second-order valence-electron chi connectivity index (χ2n) is 5.55. The lowest BCUT2D eigenvalue weighted by atomic mass is 10.2. The number of benzene rings is 2. The molecular weight excluding hydrogens is 455 g/mol. The summed E-state index contributed by atoms with van der Waals surface area (Å²) in [5.41, 5.74) is 3.94. The SMILES string of the molecule is O=C(N/N=C/c1cc(Cl)ccc1O)c1nn(Cc2ccc(Cl)cc2)cc1Br. The van der Waals surface area contributed by atoms with Crippen LogP contribution >= 0.6 is 39.1 Å². The lowest BCUT2D eigenvalue weighted by molar-refractivity contribution is 0.0948. The first-order valence-electron chi connectivity index (χ1n) is 7.71. The molecule has 0 fully saturated rings. The Morgan fingerprint density at radius 2 is 1.93 bits per heavy atom. The number of phenols is 1. The van der Waals surface area contributed by atoms with Crippen LogP contribution in [0.4, 0.5) is 0 Å². The molecule has 6 nitrogen and oxygen atoms in total. The Morgan fingerprint density at radius 3 is 2.67 bits per heavy atom. The van der Waals surface area contributed by atoms with E-state index in [-0.39, 0.29) is 11.4 Å². The normalized spacial score (nSPS) is 11.1. The van der Waals surface area contributed by atoms with Crippen molar-refractivity contribution in [1.29, 1.82) is 0 Å². The summed E-state index contributed by atoms with van der Waals surface area (Å²) in [6.07, 6.45) is 3.01. The van der Waals surface area contributed by atoms with Crippen LogP contribution in [0.1, 0.15) is 21.6 Å². The van der Waals surface area contributed by atoms with Crippen LogP contribution in [0.15, 0.2) is 58.2 Å². The molecule has 1 amide bonds. The summed E-state index contributed by atoms with van der Waals surface area (Å²) in [5.74, 6) is -0.486. The largest absolute Gasteiger partial charge is 0.507 e. The van der Waals surface area contributed by atoms with Crippen LogP contribution in [0.3, 0.4) is 0 Å². The molecule has 0 aliphatic rings. The van der Waals surface area contributed by atoms with E-state index in [1.54, 1.807) is 29.1 Å². The number of rotatable bonds is 5. The summed E-state index contributed by atoms with van der Waals surface area (Å²) in [7, 11) is 0. The van der Waals surface area contributed by atoms with Crippen molar-refractivity contribution in [3.63, 3.8) is 0 Å². The van der Waals surface area contributed by atoms with Gasteiger partial charge in [-0.25, -0.2) is 5.43 Å². The van der Waals surface area contributed by atoms with Gasteiger partial charge in [-0.1, -0.05) is 35.3 Å². The number of nitrogens with zero attached hydrogens (tertiary/aromatic N) is 3. The van der Waals surface area contributed by atoms with Crippen LogP contribution in [0.5, 0.6) is 5.75 Å². The number of hydrogen-bond donors (Lipinski definition) is 2. The lowest BCUT2D eigenvalue weighted by Crippen LogP contribution is -2.19. The van der Waals surface area contributed by atoms with Gasteiger partial charge in [0.25, 0.3) is 5.91 Å². The third-order valence-corrected chi connectivity index (χ3v) is 4.62. The maximum Gasteiger partial charge on any atom is 0.293 e. The molecule has 2 aromatic carbocycles. The van der Waals surface area contributed by atoms with Crippen LogP contribution < -0.4 is 5.43 Å². The zero-order valence-corrected chi connectivity index (χ0v) is 16.8. The van der Waals surface area contributed by atoms with Gasteiger partial charge in [0.05, 0.1) is 17.2 Å². The van der Waals surface area contributed by atoms with E-state index in [0.29, 0.717) is 26.6 Å². The van der Waals surface area contributed by atoms with Gasteiger partial charge in [-0.2, -0.15) is 10.2 Å². The second kappa shape index (κ2) is 8.56. The smallest absolute Gasteiger partial charge is 0.293 e. The number of amides is 1. The third kappa shape index (κ3) is 5.09. The van der Waals surface area contributed by atoms with Crippen molar-refractivity contribution in [2.45, 2.75) is 6.54 Å². The minimum Gasteiger partial charge on any atom is -0.507 e. The molecular formula is C18H13BrCl2N4O2. The summed E-state index contributed by atoms with van der Waals surface area (Å²) < 4.78 is 2.17. The molecule has 0 bridgehead atoms. The van der Waals surface area contributed by atoms with Crippen molar-refractivity contribution in [2.75, 3.05) is 0 Å². The van der Waals surface area contributed by atoms with Gasteiger partial charge in [-0.3, -0.25) is 9.48 Å². The van der Waals surface area contributed by atoms with Gasteiger partial charge in [0.1, 0.15) is 5.75 Å². The molecule has 1 heterocycles. The lowest BCUT2D eigenvalue weighted by Gasteiger charge is -2.02. The van der Waals surface area contributed by atoms with Crippen molar-refractivity contribution in [3.05, 3.63) is 80.0 Å². The number of nitrogens with one attached hydrogen (secondary N) is 1. The Bertz CT molecular complexity index is 1000. The van der Waals surface area contributed by atoms with Gasteiger partial charge in [0.15, 0.2) is 5.69 Å². The summed E-state index contributed by atoms with van der Waals surface area (Å²) in [6, 6.07) is 11.9. The van der Waals surface area contributed by atoms with E-state index in [2.05, 4.69) is 31.6 Å². The predicted molar refractivity (Wildman–Crippen MR) is 109 cm³/mol. The highest BCUT2D eigenvalue weighted by atomic mass is 79.9. The maximum atomic E-state index is 12.3. The van der Waals surface area contributed by atoms with Gasteiger partial charge in [0.2, 0.25) is 0 Å². The van der Waals surface area contributed by atoms with Crippen molar-refractivity contribution < 1.29 is 9.90 Å². The Hall–Kier alpha value is -2.35. The zero-order valence-electron chi connectivity index (χ0n) is 13.7. The molecule has 0 unspecified atom stereocenters. The summed E-state index contributed by atoms with van der Waals surface area (Å²) in [6.45, 7) is 0.489. The van der Waals surface area contributed by atoms with E-state index in [9.17, 15) is 9.90 Å². The van der Waals surface area contributed by atoms with Crippen LogP contribution in [-0.2, 0) is 6.54 Å². The highest BCUT2D eigenvalue weighted by Gasteiger charge is 2.15. The molecule has 0 spiro atoms. The fourth-order valence-electron chi connectivity index (χ4n) is 2.25. The van der Waals surface area contributed by atoms with E-state index < -0.39 is 5.91 Å². The van der Waals surface area contributed by atoms with E-state index in [1.165, 1.54) is 18.3 Å². The molecule has 0 aliphatic heterocycles. The van der Waals surface area contributed by atoms with Gasteiger partial charge in [-0.05, 0) is 51.8 Å². The molecule has 0 radical (unpaired) electrons. The number of phenolic OH excluding ortho intramolecular Hbond substituents is 1. The molecule has 9 heteroatoms. The van der Waals surface area contributed by atoms with Crippen LogP contribution in [-0.4, -0.2) is 27.0 Å². The van der Waals surface area contributed by atoms with Crippen molar-refractivity contribution in [1.82, 2.24) is 15.2 Å². The first-order valence-corrected chi connectivity index (χ1v) is 9.26. The number of carbonyl (C=O) groups is 1. The average Bonchev–Trinajstić information content (AvgIpc) is 3.00. The quantitative estimate of drug-likeness (QED) is 0.429. The molecule has 3 aromatic rings. The van der Waals surface area contributed by atoms with Gasteiger partial charge in [-0.15, -0.1) is 0 Å². The maximum absolute atomic E-state index is 12.3. The van der Waals surface area contributed by atoms with Gasteiger partial charge < -0.3 is 5.11 Å². The number of hydrogen-bond acceptors (Lipinski definition) is 4. The predicted octanol–water partition coefficient (Wildman–Crippen LogP) is 4.47. The monoisotopic (exact) mass is 466 g/mol. The molecule has 0 saturated heterocycles. The highest BCUT2D eigenvalue weighted by Crippen LogP contribution is 2.20. The Kier molecular flexibility index (Phi) is 6.15. The second-order valence-corrected chi connectivity index (χ2v) is 7.28. The van der Waals surface area contributed by atoms with Crippen LogP contribution in [0.25, 0.3) is 0 Å². The fourth-order valence-corrected chi connectivity index (χ4v) is 3.05. The van der Waals surface area contributed by atoms with Gasteiger partial charge >= 0.3 is 0 Å². The summed E-state index contributed by atoms with van der Waals surface area (Å²) in [4.78, 5) is 12.3. The zero-order chi connectivity index (χ0) is 19.4. The first kappa shape index (κ1) is 19.4. The number of halogens is 3. The molecule has 0 atom stereocenters. The van der Waals surface area contributed by atoms with Gasteiger partial charge in [0, 0.05) is 21.8 Å². The Balaban J connectivity index is 1.68. The van der Waals surface area contributed by atoms with Crippen molar-refractivity contribution >= 4 is 51.3 Å². The van der Waals surface area contributed by atoms with E-state index in [0.717, 1.165) is 5.56 Å². The molecule has 1 aromatic heterocycles. The molecule has 27 heavy (non-hydrogen) atoms. The number of hydrazone groups is 1. The molecule has 0 aliphatic carbocycles. The van der Waals surface area contributed by atoms with Crippen LogP contribution in [0, 0.1) is 0 Å². The summed E-state index contributed by atoms with van der Waals surface area (Å²) >= 11 is 15.1. The molecule has 3 rings (SSSR count). The van der Waals surface area contributed by atoms with E-state index >= 15 is 0 Å². The van der Waals surface area contributed by atoms with Crippen molar-refractivity contribution in [2.24, 2.45) is 5.10 Å².